The maximum absolute atomic E-state index is 6.29. The Kier molecular flexibility index (Phi) is 4.15. The Balaban J connectivity index is 1.92. The summed E-state index contributed by atoms with van der Waals surface area (Å²) in [5.41, 5.74) is 8.84. The molecule has 3 heteroatoms. The summed E-state index contributed by atoms with van der Waals surface area (Å²) in [5.74, 6) is 0.388. The zero-order valence-corrected chi connectivity index (χ0v) is 11.1. The number of rotatable bonds is 5. The van der Waals surface area contributed by atoms with E-state index in [-0.39, 0.29) is 6.04 Å². The molecule has 3 nitrogen and oxygen atoms in total. The zero-order chi connectivity index (χ0) is 13.0. The highest BCUT2D eigenvalue weighted by Gasteiger charge is 2.15. The lowest BCUT2D eigenvalue weighted by atomic mass is 9.91. The summed E-state index contributed by atoms with van der Waals surface area (Å²) in [6, 6.07) is 12.7. The van der Waals surface area contributed by atoms with Gasteiger partial charge in [0.15, 0.2) is 0 Å². The maximum atomic E-state index is 6.29. The first kappa shape index (κ1) is 12.8. The van der Waals surface area contributed by atoms with Crippen LogP contribution < -0.4 is 5.73 Å². The lowest BCUT2D eigenvalue weighted by Crippen LogP contribution is -2.27. The fourth-order valence-corrected chi connectivity index (χ4v) is 2.21. The lowest BCUT2D eigenvalue weighted by Gasteiger charge is -2.20. The fraction of sp³-hybridized carbons (Fsp3) is 0.400. The molecule has 96 valence electrons. The highest BCUT2D eigenvalue weighted by Crippen LogP contribution is 2.20. The predicted molar refractivity (Wildman–Crippen MR) is 74.4 cm³/mol. The molecule has 0 aliphatic carbocycles. The summed E-state index contributed by atoms with van der Waals surface area (Å²) >= 11 is 0. The van der Waals surface area contributed by atoms with E-state index >= 15 is 0 Å². The largest absolute Gasteiger partial charge is 0.327 e. The van der Waals surface area contributed by atoms with Crippen LogP contribution in [0.25, 0.3) is 0 Å². The number of aromatic nitrogens is 2. The fourth-order valence-electron chi connectivity index (χ4n) is 2.21. The minimum absolute atomic E-state index is 0.183. The smallest absolute Gasteiger partial charge is 0.0492 e. The van der Waals surface area contributed by atoms with E-state index in [1.165, 1.54) is 11.3 Å². The highest BCUT2D eigenvalue weighted by molar-refractivity contribution is 5.20. The minimum atomic E-state index is 0.183. The van der Waals surface area contributed by atoms with Crippen molar-refractivity contribution in [2.75, 3.05) is 0 Å². The zero-order valence-electron chi connectivity index (χ0n) is 11.1. The first-order valence-electron chi connectivity index (χ1n) is 6.46. The number of benzene rings is 1. The molecule has 2 unspecified atom stereocenters. The van der Waals surface area contributed by atoms with Gasteiger partial charge in [0.25, 0.3) is 0 Å². The Morgan fingerprint density at radius 2 is 1.94 bits per heavy atom. The molecule has 1 heterocycles. The van der Waals surface area contributed by atoms with E-state index in [1.807, 2.05) is 24.0 Å². The molecule has 2 atom stereocenters. The van der Waals surface area contributed by atoms with Crippen LogP contribution in [0.1, 0.15) is 30.5 Å². The molecule has 0 bridgehead atoms. The number of hydrogen-bond donors (Lipinski definition) is 1. The van der Waals surface area contributed by atoms with Gasteiger partial charge in [-0.25, -0.2) is 0 Å². The van der Waals surface area contributed by atoms with E-state index in [1.54, 1.807) is 0 Å². The second kappa shape index (κ2) is 5.83. The lowest BCUT2D eigenvalue weighted by molar-refractivity contribution is 0.518. The molecule has 0 radical (unpaired) electrons. The third-order valence-corrected chi connectivity index (χ3v) is 3.62. The first-order valence-corrected chi connectivity index (χ1v) is 6.46. The van der Waals surface area contributed by atoms with Gasteiger partial charge in [-0.05, 0) is 30.4 Å². The molecule has 0 aliphatic rings. The molecule has 0 aliphatic heterocycles. The molecular weight excluding hydrogens is 222 g/mol. The Hall–Kier alpha value is -1.61. The van der Waals surface area contributed by atoms with Crippen molar-refractivity contribution >= 4 is 0 Å². The SMILES string of the molecule is CC(c1ccccc1)C(N)CCc1ccnn1C. The molecule has 2 rings (SSSR count). The molecule has 0 spiro atoms. The Bertz CT molecular complexity index is 475. The van der Waals surface area contributed by atoms with Crippen molar-refractivity contribution in [1.29, 1.82) is 0 Å². The van der Waals surface area contributed by atoms with Crippen molar-refractivity contribution in [3.8, 4) is 0 Å². The number of nitrogens with two attached hydrogens (primary N) is 1. The van der Waals surface area contributed by atoms with Crippen molar-refractivity contribution in [2.45, 2.75) is 31.7 Å². The average Bonchev–Trinajstić information content (AvgIpc) is 2.81. The van der Waals surface area contributed by atoms with Crippen LogP contribution in [-0.4, -0.2) is 15.8 Å². The van der Waals surface area contributed by atoms with Crippen LogP contribution in [0.3, 0.4) is 0 Å². The topological polar surface area (TPSA) is 43.8 Å². The summed E-state index contributed by atoms with van der Waals surface area (Å²) in [6.07, 6.45) is 3.80. The summed E-state index contributed by atoms with van der Waals surface area (Å²) in [4.78, 5) is 0. The molecule has 0 saturated heterocycles. The van der Waals surface area contributed by atoms with Crippen LogP contribution in [0.15, 0.2) is 42.6 Å². The van der Waals surface area contributed by atoms with Gasteiger partial charge in [-0.1, -0.05) is 37.3 Å². The summed E-state index contributed by atoms with van der Waals surface area (Å²) < 4.78 is 1.92. The molecule has 2 aromatic rings. The van der Waals surface area contributed by atoms with Crippen LogP contribution >= 0.6 is 0 Å². The van der Waals surface area contributed by atoms with Crippen molar-refractivity contribution < 1.29 is 0 Å². The molecule has 0 fully saturated rings. The Labute approximate surface area is 109 Å². The second-order valence-electron chi connectivity index (χ2n) is 4.85. The summed E-state index contributed by atoms with van der Waals surface area (Å²) in [7, 11) is 1.97. The van der Waals surface area contributed by atoms with Crippen molar-refractivity contribution in [3.05, 3.63) is 53.9 Å². The number of nitrogens with zero attached hydrogens (tertiary/aromatic N) is 2. The quantitative estimate of drug-likeness (QED) is 0.876. The predicted octanol–water partition coefficient (Wildman–Crippen LogP) is 2.48. The van der Waals surface area contributed by atoms with Crippen LogP contribution in [0.5, 0.6) is 0 Å². The van der Waals surface area contributed by atoms with Gasteiger partial charge in [0, 0.05) is 25.0 Å². The van der Waals surface area contributed by atoms with E-state index in [2.05, 4.69) is 42.4 Å². The van der Waals surface area contributed by atoms with Crippen LogP contribution in [0.2, 0.25) is 0 Å². The van der Waals surface area contributed by atoms with Crippen molar-refractivity contribution in [3.63, 3.8) is 0 Å². The molecule has 2 N–H and O–H groups in total. The highest BCUT2D eigenvalue weighted by atomic mass is 15.2. The van der Waals surface area contributed by atoms with Gasteiger partial charge in [0.05, 0.1) is 0 Å². The average molecular weight is 243 g/mol. The van der Waals surface area contributed by atoms with E-state index in [4.69, 9.17) is 5.73 Å². The summed E-state index contributed by atoms with van der Waals surface area (Å²) in [6.45, 7) is 2.20. The molecular formula is C15H21N3. The molecule has 0 saturated carbocycles. The molecule has 1 aromatic carbocycles. The number of aryl methyl sites for hydroxylation is 2. The van der Waals surface area contributed by atoms with Gasteiger partial charge >= 0.3 is 0 Å². The van der Waals surface area contributed by atoms with Gasteiger partial charge in [-0.15, -0.1) is 0 Å². The van der Waals surface area contributed by atoms with Crippen LogP contribution in [0.4, 0.5) is 0 Å². The van der Waals surface area contributed by atoms with Gasteiger partial charge in [-0.2, -0.15) is 5.10 Å². The van der Waals surface area contributed by atoms with Crippen molar-refractivity contribution in [2.24, 2.45) is 12.8 Å². The van der Waals surface area contributed by atoms with E-state index in [0.717, 1.165) is 12.8 Å². The van der Waals surface area contributed by atoms with Gasteiger partial charge in [-0.3, -0.25) is 4.68 Å². The molecule has 0 amide bonds. The van der Waals surface area contributed by atoms with E-state index in [0.29, 0.717) is 5.92 Å². The minimum Gasteiger partial charge on any atom is -0.327 e. The normalized spacial score (nSPS) is 14.4. The third kappa shape index (κ3) is 2.99. The Morgan fingerprint density at radius 3 is 2.56 bits per heavy atom. The standard InChI is InChI=1S/C15H21N3/c1-12(13-6-4-3-5-7-13)15(16)9-8-14-10-11-17-18(14)2/h3-7,10-12,15H,8-9,16H2,1-2H3. The monoisotopic (exact) mass is 243 g/mol. The summed E-state index contributed by atoms with van der Waals surface area (Å²) in [5, 5.41) is 4.17. The Morgan fingerprint density at radius 1 is 1.22 bits per heavy atom. The molecule has 1 aromatic heterocycles. The molecule has 18 heavy (non-hydrogen) atoms. The maximum Gasteiger partial charge on any atom is 0.0492 e. The second-order valence-corrected chi connectivity index (χ2v) is 4.85. The number of hydrogen-bond acceptors (Lipinski definition) is 2. The first-order chi connectivity index (χ1) is 8.68. The third-order valence-electron chi connectivity index (χ3n) is 3.62. The van der Waals surface area contributed by atoms with Crippen molar-refractivity contribution in [1.82, 2.24) is 9.78 Å². The van der Waals surface area contributed by atoms with E-state index in [9.17, 15) is 0 Å². The van der Waals surface area contributed by atoms with Gasteiger partial charge in [0.1, 0.15) is 0 Å². The van der Waals surface area contributed by atoms with Gasteiger partial charge < -0.3 is 5.73 Å². The van der Waals surface area contributed by atoms with Crippen LogP contribution in [0, 0.1) is 0 Å². The van der Waals surface area contributed by atoms with E-state index < -0.39 is 0 Å². The van der Waals surface area contributed by atoms with Gasteiger partial charge in [0.2, 0.25) is 0 Å². The van der Waals surface area contributed by atoms with Crippen LogP contribution in [-0.2, 0) is 13.5 Å².